The van der Waals surface area contributed by atoms with Crippen LogP contribution >= 0.6 is 0 Å². The van der Waals surface area contributed by atoms with Crippen LogP contribution in [0.5, 0.6) is 5.75 Å². The minimum atomic E-state index is -0.225. The SMILES string of the molecule is CC(=O)[C@H]1[C@@H]2Oc3ccccc3C(=O)[C@@H]21. The van der Waals surface area contributed by atoms with E-state index in [4.69, 9.17) is 4.74 Å². The Hall–Kier alpha value is -1.64. The van der Waals surface area contributed by atoms with Gasteiger partial charge < -0.3 is 4.74 Å². The summed E-state index contributed by atoms with van der Waals surface area (Å²) in [5, 5.41) is 0. The van der Waals surface area contributed by atoms with Crippen LogP contribution in [0.25, 0.3) is 0 Å². The molecule has 3 atom stereocenters. The van der Waals surface area contributed by atoms with Gasteiger partial charge in [-0.2, -0.15) is 0 Å². The highest BCUT2D eigenvalue weighted by Crippen LogP contribution is 2.49. The van der Waals surface area contributed by atoms with Crippen LogP contribution in [0.2, 0.25) is 0 Å². The Kier molecular flexibility index (Phi) is 1.55. The number of ether oxygens (including phenoxy) is 1. The van der Waals surface area contributed by atoms with Crippen molar-refractivity contribution in [2.75, 3.05) is 0 Å². The number of rotatable bonds is 1. The molecular formula is C12H10O3. The molecule has 3 heteroatoms. The number of hydrogen-bond acceptors (Lipinski definition) is 3. The standard InChI is InChI=1S/C12H10O3/c1-6(13)9-10-11(14)7-4-2-3-5-8(7)15-12(9)10/h2-5,9-10,12H,1H3/t9-,10+,12+/m1/s1. The molecule has 0 radical (unpaired) electrons. The fourth-order valence-corrected chi connectivity index (χ4v) is 2.33. The molecule has 1 heterocycles. The Morgan fingerprint density at radius 3 is 2.80 bits per heavy atom. The maximum absolute atomic E-state index is 11.9. The van der Waals surface area contributed by atoms with Crippen LogP contribution in [0.1, 0.15) is 17.3 Å². The predicted octanol–water partition coefficient (Wildman–Crippen LogP) is 1.47. The second-order valence-corrected chi connectivity index (χ2v) is 4.11. The molecule has 1 aromatic rings. The maximum Gasteiger partial charge on any atom is 0.174 e. The van der Waals surface area contributed by atoms with E-state index in [1.165, 1.54) is 6.92 Å². The van der Waals surface area contributed by atoms with E-state index >= 15 is 0 Å². The summed E-state index contributed by atoms with van der Waals surface area (Å²) in [7, 11) is 0. The molecule has 0 saturated heterocycles. The molecular weight excluding hydrogens is 192 g/mol. The number of carbonyl (C=O) groups excluding carboxylic acids is 2. The molecule has 15 heavy (non-hydrogen) atoms. The zero-order valence-corrected chi connectivity index (χ0v) is 8.27. The number of fused-ring (bicyclic) bond motifs is 2. The van der Waals surface area contributed by atoms with Crippen LogP contribution in [-0.4, -0.2) is 17.7 Å². The van der Waals surface area contributed by atoms with Gasteiger partial charge in [0.05, 0.1) is 17.4 Å². The molecule has 0 N–H and O–H groups in total. The lowest BCUT2D eigenvalue weighted by atomic mass is 10.0. The molecule has 1 saturated carbocycles. The largest absolute Gasteiger partial charge is 0.488 e. The number of benzene rings is 1. The zero-order valence-electron chi connectivity index (χ0n) is 8.27. The van der Waals surface area contributed by atoms with Gasteiger partial charge in [-0.15, -0.1) is 0 Å². The van der Waals surface area contributed by atoms with Crippen LogP contribution in [0.3, 0.4) is 0 Å². The van der Waals surface area contributed by atoms with Gasteiger partial charge in [0.1, 0.15) is 17.6 Å². The molecule has 0 spiro atoms. The molecule has 1 aliphatic carbocycles. The molecule has 1 fully saturated rings. The van der Waals surface area contributed by atoms with E-state index in [1.54, 1.807) is 12.1 Å². The number of para-hydroxylation sites is 1. The summed E-state index contributed by atoms with van der Waals surface area (Å²) in [6.07, 6.45) is -0.204. The second-order valence-electron chi connectivity index (χ2n) is 4.11. The number of Topliss-reactive ketones (excluding diaryl/α,β-unsaturated/α-hetero) is 2. The van der Waals surface area contributed by atoms with E-state index in [-0.39, 0.29) is 29.5 Å². The highest BCUT2D eigenvalue weighted by molar-refractivity contribution is 6.07. The van der Waals surface area contributed by atoms with Gasteiger partial charge in [-0.05, 0) is 19.1 Å². The third-order valence-electron chi connectivity index (χ3n) is 3.14. The lowest BCUT2D eigenvalue weighted by Crippen LogP contribution is -2.16. The van der Waals surface area contributed by atoms with E-state index < -0.39 is 0 Å². The molecule has 3 nitrogen and oxygen atoms in total. The molecule has 3 rings (SSSR count). The molecule has 0 aromatic heterocycles. The summed E-state index contributed by atoms with van der Waals surface area (Å²) in [6, 6.07) is 7.17. The van der Waals surface area contributed by atoms with Crippen molar-refractivity contribution in [1.82, 2.24) is 0 Å². The van der Waals surface area contributed by atoms with Gasteiger partial charge in [-0.1, -0.05) is 12.1 Å². The molecule has 1 aliphatic heterocycles. The van der Waals surface area contributed by atoms with Gasteiger partial charge in [0.15, 0.2) is 5.78 Å². The smallest absolute Gasteiger partial charge is 0.174 e. The first-order valence-electron chi connectivity index (χ1n) is 5.00. The highest BCUT2D eigenvalue weighted by atomic mass is 16.5. The average molecular weight is 202 g/mol. The van der Waals surface area contributed by atoms with E-state index in [1.807, 2.05) is 12.1 Å². The van der Waals surface area contributed by atoms with Crippen molar-refractivity contribution in [2.24, 2.45) is 11.8 Å². The third-order valence-corrected chi connectivity index (χ3v) is 3.14. The summed E-state index contributed by atoms with van der Waals surface area (Å²) in [5.41, 5.74) is 0.613. The Labute approximate surface area is 87.0 Å². The van der Waals surface area contributed by atoms with Crippen molar-refractivity contribution in [3.63, 3.8) is 0 Å². The van der Waals surface area contributed by atoms with Gasteiger partial charge >= 0.3 is 0 Å². The van der Waals surface area contributed by atoms with E-state index in [0.29, 0.717) is 11.3 Å². The molecule has 2 aliphatic rings. The van der Waals surface area contributed by atoms with Crippen molar-refractivity contribution in [2.45, 2.75) is 13.0 Å². The monoisotopic (exact) mass is 202 g/mol. The number of ketones is 2. The fourth-order valence-electron chi connectivity index (χ4n) is 2.33. The Balaban J connectivity index is 2.01. The predicted molar refractivity (Wildman–Crippen MR) is 52.8 cm³/mol. The first-order chi connectivity index (χ1) is 7.20. The van der Waals surface area contributed by atoms with Gasteiger partial charge in [-0.25, -0.2) is 0 Å². The Morgan fingerprint density at radius 1 is 1.33 bits per heavy atom. The van der Waals surface area contributed by atoms with E-state index in [9.17, 15) is 9.59 Å². The highest BCUT2D eigenvalue weighted by Gasteiger charge is 2.62. The van der Waals surface area contributed by atoms with Gasteiger partial charge in [0.2, 0.25) is 0 Å². The van der Waals surface area contributed by atoms with Crippen molar-refractivity contribution in [3.8, 4) is 5.75 Å². The molecule has 0 bridgehead atoms. The van der Waals surface area contributed by atoms with Crippen molar-refractivity contribution in [1.29, 1.82) is 0 Å². The fraction of sp³-hybridized carbons (Fsp3) is 0.333. The van der Waals surface area contributed by atoms with Gasteiger partial charge in [-0.3, -0.25) is 9.59 Å². The van der Waals surface area contributed by atoms with Gasteiger partial charge in [0, 0.05) is 0 Å². The topological polar surface area (TPSA) is 43.4 Å². The summed E-state index contributed by atoms with van der Waals surface area (Å²) in [5.74, 6) is 0.281. The first kappa shape index (κ1) is 8.65. The average Bonchev–Trinajstić information content (AvgIpc) is 2.93. The Bertz CT molecular complexity index is 464. The molecule has 0 amide bonds. The number of hydrogen-bond donors (Lipinski definition) is 0. The summed E-state index contributed by atoms with van der Waals surface area (Å²) < 4.78 is 5.61. The quantitative estimate of drug-likeness (QED) is 0.692. The summed E-state index contributed by atoms with van der Waals surface area (Å²) in [6.45, 7) is 1.52. The molecule has 76 valence electrons. The zero-order chi connectivity index (χ0) is 10.6. The molecule has 0 unspecified atom stereocenters. The minimum Gasteiger partial charge on any atom is -0.488 e. The second kappa shape index (κ2) is 2.69. The lowest BCUT2D eigenvalue weighted by molar-refractivity contribution is -0.118. The van der Waals surface area contributed by atoms with Crippen LogP contribution in [0, 0.1) is 11.8 Å². The van der Waals surface area contributed by atoms with Crippen LogP contribution in [0.15, 0.2) is 24.3 Å². The van der Waals surface area contributed by atoms with Crippen molar-refractivity contribution >= 4 is 11.6 Å². The lowest BCUT2D eigenvalue weighted by Gasteiger charge is -2.14. The van der Waals surface area contributed by atoms with Crippen LogP contribution in [-0.2, 0) is 4.79 Å². The number of carbonyl (C=O) groups is 2. The minimum absolute atomic E-state index is 0.0474. The van der Waals surface area contributed by atoms with E-state index in [2.05, 4.69) is 0 Å². The summed E-state index contributed by atoms with van der Waals surface area (Å²) in [4.78, 5) is 23.2. The normalized spacial score (nSPS) is 31.3. The van der Waals surface area contributed by atoms with Crippen molar-refractivity contribution in [3.05, 3.63) is 29.8 Å². The van der Waals surface area contributed by atoms with Crippen LogP contribution in [0.4, 0.5) is 0 Å². The van der Waals surface area contributed by atoms with Crippen LogP contribution < -0.4 is 4.74 Å². The Morgan fingerprint density at radius 2 is 2.07 bits per heavy atom. The first-order valence-corrected chi connectivity index (χ1v) is 5.00. The third kappa shape index (κ3) is 1.06. The van der Waals surface area contributed by atoms with E-state index in [0.717, 1.165) is 0 Å². The summed E-state index contributed by atoms with van der Waals surface area (Å²) >= 11 is 0. The maximum atomic E-state index is 11.9. The van der Waals surface area contributed by atoms with Gasteiger partial charge in [0.25, 0.3) is 0 Å². The van der Waals surface area contributed by atoms with Crippen molar-refractivity contribution < 1.29 is 14.3 Å². The molecule has 1 aromatic carbocycles.